The summed E-state index contributed by atoms with van der Waals surface area (Å²) in [5.74, 6) is 0. The van der Waals surface area contributed by atoms with E-state index in [-0.39, 0.29) is 6.04 Å². The second-order valence-corrected chi connectivity index (χ2v) is 9.88. The Kier molecular flexibility index (Phi) is 4.22. The molecule has 1 atom stereocenters. The third-order valence-corrected chi connectivity index (χ3v) is 8.16. The summed E-state index contributed by atoms with van der Waals surface area (Å²) in [5, 5.41) is 1.23. The summed E-state index contributed by atoms with van der Waals surface area (Å²) in [6.07, 6.45) is 3.30. The van der Waals surface area contributed by atoms with Crippen molar-refractivity contribution >= 4 is 32.3 Å². The molecule has 0 saturated heterocycles. The van der Waals surface area contributed by atoms with Crippen LogP contribution in [0.5, 0.6) is 0 Å². The third kappa shape index (κ3) is 3.14. The fraction of sp³-hybridized carbons (Fsp3) is 0.368. The minimum absolute atomic E-state index is 0.0517. The van der Waals surface area contributed by atoms with Gasteiger partial charge in [0.1, 0.15) is 4.21 Å². The molecule has 0 bridgehead atoms. The van der Waals surface area contributed by atoms with Crippen LogP contribution in [0.3, 0.4) is 0 Å². The number of benzene rings is 1. The van der Waals surface area contributed by atoms with Crippen LogP contribution in [-0.2, 0) is 29.3 Å². The highest BCUT2D eigenvalue weighted by Crippen LogP contribution is 2.31. The van der Waals surface area contributed by atoms with Gasteiger partial charge in [-0.15, -0.1) is 11.3 Å². The summed E-state index contributed by atoms with van der Waals surface area (Å²) in [6, 6.07) is 9.97. The van der Waals surface area contributed by atoms with E-state index in [1.165, 1.54) is 33.5 Å². The van der Waals surface area contributed by atoms with Crippen LogP contribution >= 0.6 is 11.3 Å². The van der Waals surface area contributed by atoms with Gasteiger partial charge >= 0.3 is 0 Å². The quantitative estimate of drug-likeness (QED) is 0.727. The Morgan fingerprint density at radius 1 is 1.28 bits per heavy atom. The molecule has 2 aromatic heterocycles. The minimum atomic E-state index is -3.44. The van der Waals surface area contributed by atoms with Gasteiger partial charge in [-0.2, -0.15) is 0 Å². The third-order valence-electron chi connectivity index (χ3n) is 4.92. The first kappa shape index (κ1) is 16.8. The summed E-state index contributed by atoms with van der Waals surface area (Å²) in [4.78, 5) is 4.59. The van der Waals surface area contributed by atoms with Crippen molar-refractivity contribution < 1.29 is 8.42 Å². The van der Waals surface area contributed by atoms with Crippen molar-refractivity contribution in [1.82, 2.24) is 9.71 Å². The lowest BCUT2D eigenvalue weighted by Gasteiger charge is -2.23. The number of H-pyrrole nitrogens is 1. The zero-order valence-corrected chi connectivity index (χ0v) is 16.1. The highest BCUT2D eigenvalue weighted by molar-refractivity contribution is 7.91. The molecule has 0 fully saturated rings. The van der Waals surface area contributed by atoms with Crippen LogP contribution in [-0.4, -0.2) is 19.4 Å². The van der Waals surface area contributed by atoms with Gasteiger partial charge < -0.3 is 4.98 Å². The zero-order valence-electron chi connectivity index (χ0n) is 14.4. The van der Waals surface area contributed by atoms with E-state index in [9.17, 15) is 8.42 Å². The number of hydrogen-bond donors (Lipinski definition) is 2. The number of thiophene rings is 1. The molecule has 0 amide bonds. The normalized spacial score (nSPS) is 17.8. The Bertz CT molecular complexity index is 1030. The van der Waals surface area contributed by atoms with E-state index in [0.717, 1.165) is 36.1 Å². The summed E-state index contributed by atoms with van der Waals surface area (Å²) in [6.45, 7) is 4.13. The van der Waals surface area contributed by atoms with Gasteiger partial charge in [-0.05, 0) is 62.4 Å². The van der Waals surface area contributed by atoms with Crippen LogP contribution in [0.4, 0.5) is 0 Å². The maximum absolute atomic E-state index is 12.7. The van der Waals surface area contributed by atoms with Gasteiger partial charge in [0.2, 0.25) is 10.0 Å². The summed E-state index contributed by atoms with van der Waals surface area (Å²) >= 11 is 1.36. The fourth-order valence-corrected chi connectivity index (χ4v) is 6.18. The van der Waals surface area contributed by atoms with Crippen molar-refractivity contribution in [1.29, 1.82) is 0 Å². The van der Waals surface area contributed by atoms with Crippen LogP contribution in [0.2, 0.25) is 0 Å². The Balaban J connectivity index is 1.60. The Morgan fingerprint density at radius 3 is 2.88 bits per heavy atom. The van der Waals surface area contributed by atoms with Crippen LogP contribution < -0.4 is 4.72 Å². The van der Waals surface area contributed by atoms with Gasteiger partial charge in [-0.1, -0.05) is 18.6 Å². The first-order chi connectivity index (χ1) is 12.0. The zero-order chi connectivity index (χ0) is 17.6. The Morgan fingerprint density at radius 2 is 2.12 bits per heavy atom. The van der Waals surface area contributed by atoms with Crippen molar-refractivity contribution in [3.63, 3.8) is 0 Å². The number of nitrogens with one attached hydrogen (secondary N) is 2. The summed E-state index contributed by atoms with van der Waals surface area (Å²) in [5.41, 5.74) is 4.88. The van der Waals surface area contributed by atoms with E-state index >= 15 is 0 Å². The first-order valence-corrected chi connectivity index (χ1v) is 11.0. The number of hydrogen-bond acceptors (Lipinski definition) is 3. The molecule has 0 saturated carbocycles. The van der Waals surface area contributed by atoms with Crippen molar-refractivity contribution in [3.05, 3.63) is 52.0 Å². The molecule has 1 aliphatic rings. The Labute approximate surface area is 152 Å². The number of aromatic amines is 1. The van der Waals surface area contributed by atoms with Gasteiger partial charge in [0, 0.05) is 27.5 Å². The first-order valence-electron chi connectivity index (χ1n) is 8.67. The van der Waals surface area contributed by atoms with E-state index in [4.69, 9.17) is 0 Å². The van der Waals surface area contributed by atoms with Gasteiger partial charge in [0.25, 0.3) is 0 Å². The van der Waals surface area contributed by atoms with Crippen LogP contribution in [0.25, 0.3) is 10.9 Å². The second kappa shape index (κ2) is 6.27. The number of aromatic nitrogens is 1. The molecule has 0 aliphatic heterocycles. The van der Waals surface area contributed by atoms with Crippen molar-refractivity contribution in [2.24, 2.45) is 0 Å². The lowest BCUT2D eigenvalue weighted by Crippen LogP contribution is -2.38. The SMILES string of the molecule is CCc1ccc(S(=O)(=O)NC2CCc3[nH]c4ccc(C)cc4c3C2)s1. The molecule has 25 heavy (non-hydrogen) atoms. The molecule has 4 rings (SSSR count). The number of fused-ring (bicyclic) bond motifs is 3. The van der Waals surface area contributed by atoms with Gasteiger partial charge in [-0.3, -0.25) is 0 Å². The predicted octanol–water partition coefficient (Wildman–Crippen LogP) is 3.94. The molecule has 3 aromatic rings. The molecule has 6 heteroatoms. The lowest BCUT2D eigenvalue weighted by atomic mass is 9.92. The maximum Gasteiger partial charge on any atom is 0.250 e. The standard InChI is InChI=1S/C19H22N2O2S2/c1-3-14-6-9-19(24-14)25(22,23)21-13-5-8-18-16(11-13)15-10-12(2)4-7-17(15)20-18/h4,6-7,9-10,13,20-21H,3,5,8,11H2,1-2H3. The van der Waals surface area contributed by atoms with E-state index < -0.39 is 10.0 Å². The average molecular weight is 375 g/mol. The number of aryl methyl sites for hydroxylation is 3. The molecule has 1 aromatic carbocycles. The lowest BCUT2D eigenvalue weighted by molar-refractivity contribution is 0.507. The van der Waals surface area contributed by atoms with E-state index in [1.54, 1.807) is 6.07 Å². The number of rotatable bonds is 4. The van der Waals surface area contributed by atoms with Gasteiger partial charge in [0.15, 0.2) is 0 Å². The van der Waals surface area contributed by atoms with E-state index in [0.29, 0.717) is 4.21 Å². The maximum atomic E-state index is 12.7. The highest BCUT2D eigenvalue weighted by Gasteiger charge is 2.27. The van der Waals surface area contributed by atoms with Gasteiger partial charge in [-0.25, -0.2) is 13.1 Å². The van der Waals surface area contributed by atoms with Crippen LogP contribution in [0, 0.1) is 6.92 Å². The fourth-order valence-electron chi connectivity index (χ4n) is 3.60. The number of sulfonamides is 1. The average Bonchev–Trinajstić information content (AvgIpc) is 3.19. The van der Waals surface area contributed by atoms with Crippen LogP contribution in [0.1, 0.15) is 35.0 Å². The van der Waals surface area contributed by atoms with E-state index in [2.05, 4.69) is 34.8 Å². The topological polar surface area (TPSA) is 62.0 Å². The Hall–Kier alpha value is -1.63. The minimum Gasteiger partial charge on any atom is -0.358 e. The largest absolute Gasteiger partial charge is 0.358 e. The molecule has 0 radical (unpaired) electrons. The monoisotopic (exact) mass is 374 g/mol. The van der Waals surface area contributed by atoms with Crippen LogP contribution in [0.15, 0.2) is 34.5 Å². The van der Waals surface area contributed by atoms with Crippen molar-refractivity contribution in [3.8, 4) is 0 Å². The molecule has 2 heterocycles. The van der Waals surface area contributed by atoms with E-state index in [1.807, 2.05) is 13.0 Å². The van der Waals surface area contributed by atoms with Crippen molar-refractivity contribution in [2.75, 3.05) is 0 Å². The molecule has 4 nitrogen and oxygen atoms in total. The molecule has 2 N–H and O–H groups in total. The second-order valence-electron chi connectivity index (χ2n) is 6.77. The molecular formula is C19H22N2O2S2. The summed E-state index contributed by atoms with van der Waals surface area (Å²) < 4.78 is 28.7. The van der Waals surface area contributed by atoms with Gasteiger partial charge in [0.05, 0.1) is 0 Å². The highest BCUT2D eigenvalue weighted by atomic mass is 32.2. The summed E-state index contributed by atoms with van der Waals surface area (Å²) in [7, 11) is -3.44. The molecular weight excluding hydrogens is 352 g/mol. The molecule has 1 aliphatic carbocycles. The smallest absolute Gasteiger partial charge is 0.250 e. The molecule has 1 unspecified atom stereocenters. The molecule has 0 spiro atoms. The predicted molar refractivity (Wildman–Crippen MR) is 103 cm³/mol. The molecule has 132 valence electrons. The van der Waals surface area contributed by atoms with Crippen molar-refractivity contribution in [2.45, 2.75) is 49.8 Å².